The van der Waals surface area contributed by atoms with Gasteiger partial charge in [-0.3, -0.25) is 9.78 Å². The molecule has 0 saturated carbocycles. The molecule has 1 aromatic heterocycles. The number of pyridine rings is 1. The molecule has 0 atom stereocenters. The van der Waals surface area contributed by atoms with Crippen LogP contribution in [0.5, 0.6) is 0 Å². The molecule has 0 unspecified atom stereocenters. The summed E-state index contributed by atoms with van der Waals surface area (Å²) in [6, 6.07) is 4.09. The molecule has 0 aliphatic heterocycles. The summed E-state index contributed by atoms with van der Waals surface area (Å²) in [6.07, 6.45) is 3.52. The van der Waals surface area contributed by atoms with Gasteiger partial charge in [-0.25, -0.2) is 0 Å². The average Bonchev–Trinajstić information content (AvgIpc) is 2.15. The van der Waals surface area contributed by atoms with Crippen LogP contribution in [-0.4, -0.2) is 21.8 Å². The van der Waals surface area contributed by atoms with Crippen molar-refractivity contribution in [3.63, 3.8) is 0 Å². The van der Waals surface area contributed by atoms with Crippen LogP contribution in [0.25, 0.3) is 0 Å². The van der Waals surface area contributed by atoms with Crippen molar-refractivity contribution in [2.75, 3.05) is 0 Å². The van der Waals surface area contributed by atoms with Crippen molar-refractivity contribution in [3.8, 4) is 0 Å². The number of amides is 1. The van der Waals surface area contributed by atoms with Crippen LogP contribution in [0.2, 0.25) is 0 Å². The first kappa shape index (κ1) is 10.7. The van der Waals surface area contributed by atoms with Gasteiger partial charge in [-0.15, -0.1) is 0 Å². The van der Waals surface area contributed by atoms with Gasteiger partial charge in [-0.1, -0.05) is 6.07 Å². The van der Waals surface area contributed by atoms with Gasteiger partial charge in [0.2, 0.25) is 5.91 Å². The SMILES string of the molecule is CC(=O)N(Cc1cccnc1)C(C)C. The van der Waals surface area contributed by atoms with Crippen molar-refractivity contribution in [2.24, 2.45) is 0 Å². The molecule has 3 heteroatoms. The van der Waals surface area contributed by atoms with E-state index in [1.165, 1.54) is 0 Å². The molecule has 14 heavy (non-hydrogen) atoms. The second kappa shape index (κ2) is 4.74. The van der Waals surface area contributed by atoms with Crippen LogP contribution < -0.4 is 0 Å². The number of carbonyl (C=O) groups excluding carboxylic acids is 1. The maximum atomic E-state index is 11.3. The van der Waals surface area contributed by atoms with E-state index in [4.69, 9.17) is 0 Å². The minimum atomic E-state index is 0.101. The molecule has 0 N–H and O–H groups in total. The molecule has 0 aliphatic rings. The maximum absolute atomic E-state index is 11.3. The number of nitrogens with zero attached hydrogens (tertiary/aromatic N) is 2. The van der Waals surface area contributed by atoms with Crippen molar-refractivity contribution in [2.45, 2.75) is 33.4 Å². The number of hydrogen-bond acceptors (Lipinski definition) is 2. The van der Waals surface area contributed by atoms with E-state index >= 15 is 0 Å². The van der Waals surface area contributed by atoms with E-state index in [2.05, 4.69) is 4.98 Å². The van der Waals surface area contributed by atoms with Crippen molar-refractivity contribution >= 4 is 5.91 Å². The smallest absolute Gasteiger partial charge is 0.219 e. The molecule has 0 saturated heterocycles. The van der Waals surface area contributed by atoms with Gasteiger partial charge in [0.05, 0.1) is 0 Å². The van der Waals surface area contributed by atoms with E-state index in [1.54, 1.807) is 19.3 Å². The topological polar surface area (TPSA) is 33.2 Å². The van der Waals surface area contributed by atoms with Gasteiger partial charge < -0.3 is 4.90 Å². The van der Waals surface area contributed by atoms with Gasteiger partial charge in [0.25, 0.3) is 0 Å². The first-order valence-electron chi connectivity index (χ1n) is 4.77. The molecule has 0 spiro atoms. The lowest BCUT2D eigenvalue weighted by Gasteiger charge is -2.25. The second-order valence-corrected chi connectivity index (χ2v) is 3.60. The van der Waals surface area contributed by atoms with Crippen molar-refractivity contribution in [1.82, 2.24) is 9.88 Å². The van der Waals surface area contributed by atoms with E-state index in [0.717, 1.165) is 5.56 Å². The summed E-state index contributed by atoms with van der Waals surface area (Å²) < 4.78 is 0. The Morgan fingerprint density at radius 1 is 1.57 bits per heavy atom. The van der Waals surface area contributed by atoms with Crippen LogP contribution >= 0.6 is 0 Å². The Hall–Kier alpha value is -1.38. The standard InChI is InChI=1S/C11H16N2O/c1-9(2)13(10(3)14)8-11-5-4-6-12-7-11/h4-7,9H,8H2,1-3H3. The highest BCUT2D eigenvalue weighted by Gasteiger charge is 2.12. The second-order valence-electron chi connectivity index (χ2n) is 3.60. The molecule has 1 heterocycles. The molecule has 0 fully saturated rings. The van der Waals surface area contributed by atoms with Crippen LogP contribution in [-0.2, 0) is 11.3 Å². The van der Waals surface area contributed by atoms with E-state index in [-0.39, 0.29) is 11.9 Å². The molecule has 3 nitrogen and oxygen atoms in total. The third kappa shape index (κ3) is 2.83. The van der Waals surface area contributed by atoms with Gasteiger partial charge in [0.15, 0.2) is 0 Å². The summed E-state index contributed by atoms with van der Waals surface area (Å²) in [5.41, 5.74) is 1.07. The molecule has 1 rings (SSSR count). The van der Waals surface area contributed by atoms with Gasteiger partial charge in [-0.2, -0.15) is 0 Å². The predicted octanol–water partition coefficient (Wildman–Crippen LogP) is 1.84. The zero-order valence-electron chi connectivity index (χ0n) is 8.90. The Morgan fingerprint density at radius 3 is 2.71 bits per heavy atom. The van der Waals surface area contributed by atoms with Crippen LogP contribution in [0.4, 0.5) is 0 Å². The monoisotopic (exact) mass is 192 g/mol. The first-order valence-corrected chi connectivity index (χ1v) is 4.77. The minimum Gasteiger partial charge on any atom is -0.336 e. The normalized spacial score (nSPS) is 10.3. The molecule has 0 aliphatic carbocycles. The van der Waals surface area contributed by atoms with Crippen LogP contribution in [0.3, 0.4) is 0 Å². The zero-order chi connectivity index (χ0) is 10.6. The third-order valence-corrected chi connectivity index (χ3v) is 2.10. The van der Waals surface area contributed by atoms with Gasteiger partial charge in [0, 0.05) is 31.9 Å². The molecular weight excluding hydrogens is 176 g/mol. The van der Waals surface area contributed by atoms with Crippen molar-refractivity contribution in [3.05, 3.63) is 30.1 Å². The Labute approximate surface area is 84.8 Å². The summed E-state index contributed by atoms with van der Waals surface area (Å²) >= 11 is 0. The van der Waals surface area contributed by atoms with E-state index in [0.29, 0.717) is 6.54 Å². The van der Waals surface area contributed by atoms with Gasteiger partial charge >= 0.3 is 0 Å². The third-order valence-electron chi connectivity index (χ3n) is 2.10. The lowest BCUT2D eigenvalue weighted by molar-refractivity contribution is -0.131. The minimum absolute atomic E-state index is 0.101. The first-order chi connectivity index (χ1) is 6.61. The average molecular weight is 192 g/mol. The van der Waals surface area contributed by atoms with Gasteiger partial charge in [0.1, 0.15) is 0 Å². The number of hydrogen-bond donors (Lipinski definition) is 0. The fourth-order valence-corrected chi connectivity index (χ4v) is 1.35. The molecule has 76 valence electrons. The maximum Gasteiger partial charge on any atom is 0.219 e. The molecule has 1 aromatic rings. The fourth-order valence-electron chi connectivity index (χ4n) is 1.35. The van der Waals surface area contributed by atoms with E-state index < -0.39 is 0 Å². The molecule has 1 amide bonds. The Morgan fingerprint density at radius 2 is 2.29 bits per heavy atom. The number of carbonyl (C=O) groups is 1. The van der Waals surface area contributed by atoms with Crippen molar-refractivity contribution < 1.29 is 4.79 Å². The summed E-state index contributed by atoms with van der Waals surface area (Å²) in [4.78, 5) is 17.1. The zero-order valence-corrected chi connectivity index (χ0v) is 8.90. The lowest BCUT2D eigenvalue weighted by Crippen LogP contribution is -2.34. The van der Waals surface area contributed by atoms with E-state index in [1.807, 2.05) is 30.9 Å². The summed E-state index contributed by atoms with van der Waals surface area (Å²) in [5, 5.41) is 0. The largest absolute Gasteiger partial charge is 0.336 e. The highest BCUT2D eigenvalue weighted by atomic mass is 16.2. The quantitative estimate of drug-likeness (QED) is 0.732. The molecule has 0 radical (unpaired) electrons. The Balaban J connectivity index is 2.70. The molecule has 0 aromatic carbocycles. The lowest BCUT2D eigenvalue weighted by atomic mass is 10.2. The number of rotatable bonds is 3. The summed E-state index contributed by atoms with van der Waals surface area (Å²) in [5.74, 6) is 0.101. The van der Waals surface area contributed by atoms with Crippen molar-refractivity contribution in [1.29, 1.82) is 0 Å². The number of aromatic nitrogens is 1. The Kier molecular flexibility index (Phi) is 3.63. The summed E-state index contributed by atoms with van der Waals surface area (Å²) in [6.45, 7) is 6.26. The van der Waals surface area contributed by atoms with Gasteiger partial charge in [-0.05, 0) is 25.5 Å². The molecule has 0 bridgehead atoms. The van der Waals surface area contributed by atoms with Crippen LogP contribution in [0, 0.1) is 0 Å². The molecular formula is C11H16N2O. The predicted molar refractivity (Wildman–Crippen MR) is 55.6 cm³/mol. The highest BCUT2D eigenvalue weighted by Crippen LogP contribution is 2.06. The highest BCUT2D eigenvalue weighted by molar-refractivity contribution is 5.73. The van der Waals surface area contributed by atoms with Crippen LogP contribution in [0.1, 0.15) is 26.3 Å². The summed E-state index contributed by atoms with van der Waals surface area (Å²) in [7, 11) is 0. The van der Waals surface area contributed by atoms with E-state index in [9.17, 15) is 4.79 Å². The Bertz CT molecular complexity index is 295. The van der Waals surface area contributed by atoms with Crippen LogP contribution in [0.15, 0.2) is 24.5 Å². The fraction of sp³-hybridized carbons (Fsp3) is 0.455.